The summed E-state index contributed by atoms with van der Waals surface area (Å²) in [5, 5.41) is 0. The van der Waals surface area contributed by atoms with Gasteiger partial charge in [0.15, 0.2) is 0 Å². The molecule has 3 nitrogen and oxygen atoms in total. The lowest BCUT2D eigenvalue weighted by Gasteiger charge is -2.09. The first-order valence-corrected chi connectivity index (χ1v) is 3.32. The zero-order valence-corrected chi connectivity index (χ0v) is 5.56. The van der Waals surface area contributed by atoms with Crippen LogP contribution in [0.4, 0.5) is 0 Å². The van der Waals surface area contributed by atoms with Crippen molar-refractivity contribution in [1.29, 1.82) is 0 Å². The molecular weight excluding hydrogens is 130 g/mol. The van der Waals surface area contributed by atoms with E-state index in [9.17, 15) is 0 Å². The van der Waals surface area contributed by atoms with E-state index in [1.165, 1.54) is 0 Å². The van der Waals surface area contributed by atoms with Crippen LogP contribution in [-0.2, 0) is 9.47 Å². The second-order valence-corrected chi connectivity index (χ2v) is 2.18. The molecule has 0 bridgehead atoms. The number of hydrogen-bond donors (Lipinski definition) is 0. The number of rotatable bonds is 1. The molecule has 0 spiro atoms. The normalized spacial score (nSPS) is 20.0. The van der Waals surface area contributed by atoms with Crippen molar-refractivity contribution >= 4 is 0 Å². The second kappa shape index (κ2) is 2.44. The monoisotopic (exact) mass is 139 g/mol. The van der Waals surface area contributed by atoms with Gasteiger partial charge in [0.25, 0.3) is 0 Å². The van der Waals surface area contributed by atoms with E-state index in [1.54, 1.807) is 0 Å². The van der Waals surface area contributed by atoms with Gasteiger partial charge in [-0.3, -0.25) is 0 Å². The molecule has 1 aromatic heterocycles. The molecule has 1 aliphatic rings. The number of nitrogens with zero attached hydrogens (tertiary/aromatic N) is 1. The van der Waals surface area contributed by atoms with Gasteiger partial charge in [-0.25, -0.2) is 0 Å². The van der Waals surface area contributed by atoms with E-state index in [-0.39, 0.29) is 6.41 Å². The van der Waals surface area contributed by atoms with E-state index in [2.05, 4.69) is 0 Å². The molecule has 0 radical (unpaired) electrons. The molecule has 0 N–H and O–H groups in total. The van der Waals surface area contributed by atoms with Gasteiger partial charge in [0.2, 0.25) is 6.41 Å². The Balaban J connectivity index is 2.12. The fourth-order valence-electron chi connectivity index (χ4n) is 1.01. The molecule has 0 amide bonds. The SMILES string of the molecule is c1ccn(C2OCCO2)c1. The third-order valence-corrected chi connectivity index (χ3v) is 1.48. The zero-order valence-electron chi connectivity index (χ0n) is 5.56. The quantitative estimate of drug-likeness (QED) is 0.579. The van der Waals surface area contributed by atoms with Crippen molar-refractivity contribution in [3.63, 3.8) is 0 Å². The summed E-state index contributed by atoms with van der Waals surface area (Å²) in [5.74, 6) is 0. The van der Waals surface area contributed by atoms with E-state index in [1.807, 2.05) is 29.1 Å². The largest absolute Gasteiger partial charge is 0.333 e. The molecule has 0 saturated carbocycles. The molecule has 1 fully saturated rings. The van der Waals surface area contributed by atoms with Crippen LogP contribution < -0.4 is 0 Å². The van der Waals surface area contributed by atoms with E-state index in [4.69, 9.17) is 9.47 Å². The Hall–Kier alpha value is -0.800. The Morgan fingerprint density at radius 3 is 2.30 bits per heavy atom. The maximum Gasteiger partial charge on any atom is 0.244 e. The standard InChI is InChI=1S/C7H9NO2/c1-2-4-8(3-1)7-9-5-6-10-7/h1-4,7H,5-6H2. The van der Waals surface area contributed by atoms with Gasteiger partial charge in [0.05, 0.1) is 13.2 Å². The van der Waals surface area contributed by atoms with E-state index < -0.39 is 0 Å². The summed E-state index contributed by atoms with van der Waals surface area (Å²) in [4.78, 5) is 0. The van der Waals surface area contributed by atoms with Crippen LogP contribution in [0, 0.1) is 0 Å². The first kappa shape index (κ1) is 5.95. The van der Waals surface area contributed by atoms with Crippen LogP contribution >= 0.6 is 0 Å². The Labute approximate surface area is 59.2 Å². The minimum absolute atomic E-state index is 0.185. The summed E-state index contributed by atoms with van der Waals surface area (Å²) >= 11 is 0. The lowest BCUT2D eigenvalue weighted by Crippen LogP contribution is -2.05. The van der Waals surface area contributed by atoms with Crippen molar-refractivity contribution in [3.8, 4) is 0 Å². The Kier molecular flexibility index (Phi) is 1.45. The van der Waals surface area contributed by atoms with Crippen LogP contribution in [0.3, 0.4) is 0 Å². The molecule has 0 aromatic carbocycles. The maximum absolute atomic E-state index is 5.24. The summed E-state index contributed by atoms with van der Waals surface area (Å²) in [6.07, 6.45) is 3.67. The van der Waals surface area contributed by atoms with E-state index in [0.717, 1.165) is 0 Å². The fraction of sp³-hybridized carbons (Fsp3) is 0.429. The Bertz CT molecular complexity index is 189. The highest BCUT2D eigenvalue weighted by Crippen LogP contribution is 2.15. The van der Waals surface area contributed by atoms with Crippen LogP contribution in [0.5, 0.6) is 0 Å². The van der Waals surface area contributed by atoms with Gasteiger partial charge < -0.3 is 14.0 Å². The molecular formula is C7H9NO2. The molecule has 2 heterocycles. The minimum atomic E-state index is -0.185. The van der Waals surface area contributed by atoms with Crippen molar-refractivity contribution in [2.24, 2.45) is 0 Å². The Morgan fingerprint density at radius 2 is 1.70 bits per heavy atom. The van der Waals surface area contributed by atoms with E-state index in [0.29, 0.717) is 13.2 Å². The van der Waals surface area contributed by atoms with Crippen molar-refractivity contribution in [1.82, 2.24) is 4.57 Å². The smallest absolute Gasteiger partial charge is 0.244 e. The average molecular weight is 139 g/mol. The lowest BCUT2D eigenvalue weighted by molar-refractivity contribution is -0.101. The predicted molar refractivity (Wildman–Crippen MR) is 35.4 cm³/mol. The van der Waals surface area contributed by atoms with Crippen LogP contribution in [0.1, 0.15) is 6.41 Å². The topological polar surface area (TPSA) is 23.4 Å². The van der Waals surface area contributed by atoms with Gasteiger partial charge in [-0.15, -0.1) is 0 Å². The molecule has 3 heteroatoms. The highest BCUT2D eigenvalue weighted by Gasteiger charge is 2.15. The van der Waals surface area contributed by atoms with E-state index >= 15 is 0 Å². The van der Waals surface area contributed by atoms with Crippen molar-refractivity contribution in [2.75, 3.05) is 13.2 Å². The van der Waals surface area contributed by atoms with Gasteiger partial charge in [0, 0.05) is 12.4 Å². The second-order valence-electron chi connectivity index (χ2n) is 2.18. The van der Waals surface area contributed by atoms with Crippen LogP contribution in [0.15, 0.2) is 24.5 Å². The molecule has 1 aliphatic heterocycles. The van der Waals surface area contributed by atoms with Crippen molar-refractivity contribution in [2.45, 2.75) is 6.41 Å². The maximum atomic E-state index is 5.24. The third kappa shape index (κ3) is 0.936. The molecule has 10 heavy (non-hydrogen) atoms. The lowest BCUT2D eigenvalue weighted by atomic mass is 10.7. The van der Waals surface area contributed by atoms with Gasteiger partial charge >= 0.3 is 0 Å². The highest BCUT2D eigenvalue weighted by molar-refractivity contribution is 4.90. The van der Waals surface area contributed by atoms with Crippen LogP contribution in [0.2, 0.25) is 0 Å². The molecule has 1 aromatic rings. The van der Waals surface area contributed by atoms with Crippen LogP contribution in [-0.4, -0.2) is 17.8 Å². The van der Waals surface area contributed by atoms with Gasteiger partial charge in [-0.05, 0) is 12.1 Å². The summed E-state index contributed by atoms with van der Waals surface area (Å²) < 4.78 is 12.4. The molecule has 54 valence electrons. The minimum Gasteiger partial charge on any atom is -0.333 e. The number of aromatic nitrogens is 1. The first-order chi connectivity index (χ1) is 4.97. The predicted octanol–water partition coefficient (Wildman–Crippen LogP) is 0.991. The van der Waals surface area contributed by atoms with Gasteiger partial charge in [-0.1, -0.05) is 0 Å². The fourth-order valence-corrected chi connectivity index (χ4v) is 1.01. The van der Waals surface area contributed by atoms with Crippen molar-refractivity contribution < 1.29 is 9.47 Å². The molecule has 0 unspecified atom stereocenters. The number of ether oxygens (including phenoxy) is 2. The third-order valence-electron chi connectivity index (χ3n) is 1.48. The van der Waals surface area contributed by atoms with Gasteiger partial charge in [0.1, 0.15) is 0 Å². The van der Waals surface area contributed by atoms with Crippen LogP contribution in [0.25, 0.3) is 0 Å². The first-order valence-electron chi connectivity index (χ1n) is 3.32. The number of hydrogen-bond acceptors (Lipinski definition) is 2. The summed E-state index contributed by atoms with van der Waals surface area (Å²) in [6.45, 7) is 1.39. The summed E-state index contributed by atoms with van der Waals surface area (Å²) in [5.41, 5.74) is 0. The molecule has 0 aliphatic carbocycles. The summed E-state index contributed by atoms with van der Waals surface area (Å²) in [7, 11) is 0. The zero-order chi connectivity index (χ0) is 6.81. The Morgan fingerprint density at radius 1 is 1.10 bits per heavy atom. The molecule has 2 rings (SSSR count). The average Bonchev–Trinajstić information content (AvgIpc) is 2.59. The van der Waals surface area contributed by atoms with Gasteiger partial charge in [-0.2, -0.15) is 0 Å². The molecule has 1 saturated heterocycles. The molecule has 0 atom stereocenters. The van der Waals surface area contributed by atoms with Crippen molar-refractivity contribution in [3.05, 3.63) is 24.5 Å². The summed E-state index contributed by atoms with van der Waals surface area (Å²) in [6, 6.07) is 3.90. The highest BCUT2D eigenvalue weighted by atomic mass is 16.7.